The highest BCUT2D eigenvalue weighted by Gasteiger charge is 2.66. The molecular weight excluding hydrogens is 252 g/mol. The maximum atomic E-state index is 12.2. The van der Waals surface area contributed by atoms with Gasteiger partial charge < -0.3 is 23.7 Å². The number of carbonyl (C=O) groups is 1. The lowest BCUT2D eigenvalue weighted by Crippen LogP contribution is -2.50. The fourth-order valence-corrected chi connectivity index (χ4v) is 2.67. The smallest absolute Gasteiger partial charge is 0.341 e. The van der Waals surface area contributed by atoms with E-state index < -0.39 is 35.9 Å². The van der Waals surface area contributed by atoms with E-state index in [2.05, 4.69) is 6.58 Å². The minimum Gasteiger partial charge on any atom is -0.467 e. The Bertz CT molecular complexity index is 379. The van der Waals surface area contributed by atoms with Gasteiger partial charge in [-0.15, -0.1) is 6.58 Å². The second-order valence-electron chi connectivity index (χ2n) is 5.12. The van der Waals surface area contributed by atoms with E-state index in [9.17, 15) is 4.79 Å². The predicted molar refractivity (Wildman–Crippen MR) is 65.3 cm³/mol. The van der Waals surface area contributed by atoms with E-state index in [1.54, 1.807) is 19.9 Å². The molecule has 0 aromatic rings. The van der Waals surface area contributed by atoms with Crippen LogP contribution < -0.4 is 0 Å². The molecule has 6 nitrogen and oxygen atoms in total. The number of rotatable bonds is 4. The monoisotopic (exact) mass is 272 g/mol. The average Bonchev–Trinajstić information content (AvgIpc) is 2.82. The van der Waals surface area contributed by atoms with Gasteiger partial charge in [0.2, 0.25) is 5.60 Å². The molecule has 2 aliphatic rings. The van der Waals surface area contributed by atoms with Crippen molar-refractivity contribution in [3.63, 3.8) is 0 Å². The normalized spacial score (nSPS) is 39.9. The van der Waals surface area contributed by atoms with Crippen LogP contribution in [0.1, 0.15) is 20.3 Å². The predicted octanol–water partition coefficient (Wildman–Crippen LogP) is 0.997. The van der Waals surface area contributed by atoms with Gasteiger partial charge in [0.05, 0.1) is 7.11 Å². The van der Waals surface area contributed by atoms with Gasteiger partial charge in [-0.05, 0) is 13.8 Å². The topological polar surface area (TPSA) is 63.2 Å². The van der Waals surface area contributed by atoms with Crippen molar-refractivity contribution in [1.29, 1.82) is 0 Å². The molecule has 0 bridgehead atoms. The van der Waals surface area contributed by atoms with Crippen LogP contribution in [-0.4, -0.2) is 50.1 Å². The first kappa shape index (κ1) is 14.5. The van der Waals surface area contributed by atoms with Gasteiger partial charge in [0.1, 0.15) is 12.2 Å². The second kappa shape index (κ2) is 4.86. The summed E-state index contributed by atoms with van der Waals surface area (Å²) in [4.78, 5) is 12.2. The van der Waals surface area contributed by atoms with Crippen LogP contribution in [0.3, 0.4) is 0 Å². The average molecular weight is 272 g/mol. The Morgan fingerprint density at radius 1 is 1.32 bits per heavy atom. The lowest BCUT2D eigenvalue weighted by Gasteiger charge is -2.31. The minimum absolute atomic E-state index is 0.264. The minimum atomic E-state index is -1.27. The first-order valence-corrected chi connectivity index (χ1v) is 6.16. The molecule has 2 saturated heterocycles. The molecule has 0 radical (unpaired) electrons. The Morgan fingerprint density at radius 2 is 2.00 bits per heavy atom. The Kier molecular flexibility index (Phi) is 3.70. The van der Waals surface area contributed by atoms with Crippen LogP contribution in [-0.2, 0) is 28.5 Å². The van der Waals surface area contributed by atoms with E-state index in [-0.39, 0.29) is 6.42 Å². The molecule has 6 heteroatoms. The van der Waals surface area contributed by atoms with Crippen LogP contribution in [0.2, 0.25) is 0 Å². The highest BCUT2D eigenvalue weighted by atomic mass is 16.8. The molecule has 2 fully saturated rings. The summed E-state index contributed by atoms with van der Waals surface area (Å²) in [6.07, 6.45) is 0.128. The van der Waals surface area contributed by atoms with Crippen molar-refractivity contribution in [2.45, 2.75) is 50.2 Å². The Labute approximate surface area is 112 Å². The lowest BCUT2D eigenvalue weighted by atomic mass is 9.91. The number of fused-ring (bicyclic) bond motifs is 1. The number of methoxy groups -OCH3 is 2. The largest absolute Gasteiger partial charge is 0.467 e. The summed E-state index contributed by atoms with van der Waals surface area (Å²) < 4.78 is 27.4. The quantitative estimate of drug-likeness (QED) is 0.562. The van der Waals surface area contributed by atoms with E-state index >= 15 is 0 Å². The zero-order valence-electron chi connectivity index (χ0n) is 11.7. The van der Waals surface area contributed by atoms with Gasteiger partial charge in [-0.1, -0.05) is 6.08 Å². The molecule has 0 N–H and O–H groups in total. The Hall–Kier alpha value is -0.950. The molecule has 0 aromatic carbocycles. The number of ether oxygens (including phenoxy) is 5. The van der Waals surface area contributed by atoms with Crippen LogP contribution in [0, 0.1) is 0 Å². The van der Waals surface area contributed by atoms with Gasteiger partial charge in [-0.3, -0.25) is 0 Å². The van der Waals surface area contributed by atoms with Crippen molar-refractivity contribution in [2.24, 2.45) is 0 Å². The van der Waals surface area contributed by atoms with E-state index in [1.165, 1.54) is 14.2 Å². The van der Waals surface area contributed by atoms with Crippen LogP contribution in [0.15, 0.2) is 12.7 Å². The Balaban J connectivity index is 2.38. The zero-order valence-corrected chi connectivity index (χ0v) is 11.7. The summed E-state index contributed by atoms with van der Waals surface area (Å²) in [7, 11) is 2.81. The summed E-state index contributed by atoms with van der Waals surface area (Å²) in [5.41, 5.74) is -1.27. The number of hydrogen-bond donors (Lipinski definition) is 0. The maximum Gasteiger partial charge on any atom is 0.341 e. The molecule has 2 aliphatic heterocycles. The van der Waals surface area contributed by atoms with Crippen LogP contribution >= 0.6 is 0 Å². The van der Waals surface area contributed by atoms with Crippen LogP contribution in [0.4, 0.5) is 0 Å². The van der Waals surface area contributed by atoms with E-state index in [4.69, 9.17) is 23.7 Å². The fourth-order valence-electron chi connectivity index (χ4n) is 2.67. The summed E-state index contributed by atoms with van der Waals surface area (Å²) in [6, 6.07) is 0. The fraction of sp³-hybridized carbons (Fsp3) is 0.769. The molecule has 0 spiro atoms. The summed E-state index contributed by atoms with van der Waals surface area (Å²) in [5, 5.41) is 0. The standard InChI is InChI=1S/C13H20O6/c1-6-7-13(11(14)16-5)9-8(10(15-4)19-13)17-12(2,3)18-9/h6,8-10H,1,7H2,2-5H3/t8-,9+,10+,13-/m1/s1. The van der Waals surface area contributed by atoms with Gasteiger partial charge in [-0.2, -0.15) is 0 Å². The maximum absolute atomic E-state index is 12.2. The molecule has 0 aliphatic carbocycles. The molecule has 0 saturated carbocycles. The van der Waals surface area contributed by atoms with Crippen molar-refractivity contribution in [1.82, 2.24) is 0 Å². The molecule has 0 aromatic heterocycles. The highest BCUT2D eigenvalue weighted by molar-refractivity contribution is 5.81. The van der Waals surface area contributed by atoms with Gasteiger partial charge in [-0.25, -0.2) is 4.79 Å². The van der Waals surface area contributed by atoms with Crippen LogP contribution in [0.25, 0.3) is 0 Å². The molecule has 0 unspecified atom stereocenters. The van der Waals surface area contributed by atoms with Crippen molar-refractivity contribution in [2.75, 3.05) is 14.2 Å². The van der Waals surface area contributed by atoms with Gasteiger partial charge in [0.15, 0.2) is 12.1 Å². The third kappa shape index (κ3) is 2.18. The summed E-state index contributed by atoms with van der Waals surface area (Å²) in [6.45, 7) is 7.23. The highest BCUT2D eigenvalue weighted by Crippen LogP contribution is 2.46. The van der Waals surface area contributed by atoms with E-state index in [1.807, 2.05) is 0 Å². The molecule has 19 heavy (non-hydrogen) atoms. The van der Waals surface area contributed by atoms with Gasteiger partial charge in [0, 0.05) is 13.5 Å². The first-order chi connectivity index (χ1) is 8.90. The third-order valence-corrected chi connectivity index (χ3v) is 3.39. The second-order valence-corrected chi connectivity index (χ2v) is 5.12. The van der Waals surface area contributed by atoms with Crippen molar-refractivity contribution in [3.8, 4) is 0 Å². The van der Waals surface area contributed by atoms with Crippen molar-refractivity contribution >= 4 is 5.97 Å². The van der Waals surface area contributed by atoms with E-state index in [0.717, 1.165) is 0 Å². The number of esters is 1. The molecule has 108 valence electrons. The van der Waals surface area contributed by atoms with Crippen LogP contribution in [0.5, 0.6) is 0 Å². The van der Waals surface area contributed by atoms with Crippen molar-refractivity contribution in [3.05, 3.63) is 12.7 Å². The molecule has 2 heterocycles. The number of carbonyl (C=O) groups excluding carboxylic acids is 1. The van der Waals surface area contributed by atoms with Gasteiger partial charge >= 0.3 is 5.97 Å². The van der Waals surface area contributed by atoms with E-state index in [0.29, 0.717) is 0 Å². The summed E-state index contributed by atoms with van der Waals surface area (Å²) in [5.74, 6) is -1.31. The lowest BCUT2D eigenvalue weighted by molar-refractivity contribution is -0.251. The molecular formula is C13H20O6. The van der Waals surface area contributed by atoms with Gasteiger partial charge in [0.25, 0.3) is 0 Å². The number of hydrogen-bond acceptors (Lipinski definition) is 6. The van der Waals surface area contributed by atoms with Crippen molar-refractivity contribution < 1.29 is 28.5 Å². The molecule has 2 rings (SSSR count). The molecule has 0 amide bonds. The SMILES string of the molecule is C=CC[C@@]1(C(=O)OC)O[C@H](OC)[C@@H]2OC(C)(C)O[C@@H]21. The summed E-state index contributed by atoms with van der Waals surface area (Å²) >= 11 is 0. The zero-order chi connectivity index (χ0) is 14.3. The molecule has 4 atom stereocenters. The first-order valence-electron chi connectivity index (χ1n) is 6.16. The third-order valence-electron chi connectivity index (χ3n) is 3.39. The Morgan fingerprint density at radius 3 is 2.53 bits per heavy atom.